The summed E-state index contributed by atoms with van der Waals surface area (Å²) < 4.78 is 22.0. The Morgan fingerprint density at radius 3 is 2.42 bits per heavy atom. The minimum atomic E-state index is -0.392. The van der Waals surface area contributed by atoms with Crippen LogP contribution in [-0.4, -0.2) is 52.0 Å². The summed E-state index contributed by atoms with van der Waals surface area (Å²) in [5, 5.41) is 2.98. The first-order valence-corrected chi connectivity index (χ1v) is 12.0. The van der Waals surface area contributed by atoms with Crippen LogP contribution in [0.2, 0.25) is 0 Å². The molecular weight excluding hydrogens is 422 g/mol. The van der Waals surface area contributed by atoms with Crippen LogP contribution < -0.4 is 14.8 Å². The van der Waals surface area contributed by atoms with Crippen LogP contribution in [-0.2, 0) is 20.7 Å². The molecule has 0 radical (unpaired) electrons. The molecular formula is C26H41NO6. The Hall–Kier alpha value is -2.28. The van der Waals surface area contributed by atoms with E-state index < -0.39 is 6.09 Å². The molecule has 1 fully saturated rings. The minimum Gasteiger partial charge on any atom is -0.493 e. The lowest BCUT2D eigenvalue weighted by Crippen LogP contribution is -2.37. The molecule has 33 heavy (non-hydrogen) atoms. The fourth-order valence-corrected chi connectivity index (χ4v) is 4.24. The number of carbonyl (C=O) groups is 2. The second-order valence-corrected chi connectivity index (χ2v) is 9.60. The third-order valence-corrected chi connectivity index (χ3v) is 6.52. The molecule has 186 valence electrons. The van der Waals surface area contributed by atoms with Gasteiger partial charge >= 0.3 is 6.09 Å². The molecule has 1 aliphatic rings. The molecule has 4 atom stereocenters. The number of cyclic esters (lactones) is 1. The van der Waals surface area contributed by atoms with Crippen LogP contribution in [0.25, 0.3) is 0 Å². The van der Waals surface area contributed by atoms with E-state index in [4.69, 9.17) is 18.9 Å². The van der Waals surface area contributed by atoms with Gasteiger partial charge in [-0.15, -0.1) is 0 Å². The SMILES string of the molecule is COCCCOc1cc(C[C@@H](C[C@@H]2NC(=O)O[C@H]2C[C@H](C=O)C(C)C)C(C)C)ccc1OC. The Bertz CT molecular complexity index is 750. The molecule has 1 saturated heterocycles. The predicted octanol–water partition coefficient (Wildman–Crippen LogP) is 4.65. The summed E-state index contributed by atoms with van der Waals surface area (Å²) in [6.07, 6.45) is 3.30. The predicted molar refractivity (Wildman–Crippen MR) is 128 cm³/mol. The lowest BCUT2D eigenvalue weighted by molar-refractivity contribution is -0.113. The molecule has 0 aromatic heterocycles. The second-order valence-electron chi connectivity index (χ2n) is 9.60. The number of hydrogen-bond donors (Lipinski definition) is 1. The van der Waals surface area contributed by atoms with Crippen LogP contribution in [0, 0.1) is 23.7 Å². The number of benzene rings is 1. The van der Waals surface area contributed by atoms with Crippen molar-refractivity contribution in [2.24, 2.45) is 23.7 Å². The first-order valence-electron chi connectivity index (χ1n) is 12.0. The number of ether oxygens (including phenoxy) is 4. The van der Waals surface area contributed by atoms with E-state index in [0.29, 0.717) is 37.2 Å². The van der Waals surface area contributed by atoms with E-state index in [0.717, 1.165) is 36.9 Å². The number of carbonyl (C=O) groups excluding carboxylic acids is 2. The molecule has 1 aliphatic heterocycles. The van der Waals surface area contributed by atoms with E-state index in [1.54, 1.807) is 14.2 Å². The fourth-order valence-electron chi connectivity index (χ4n) is 4.24. The number of alkyl carbamates (subject to hydrolysis) is 1. The van der Waals surface area contributed by atoms with Gasteiger partial charge in [-0.2, -0.15) is 0 Å². The van der Waals surface area contributed by atoms with E-state index >= 15 is 0 Å². The normalized spacial score (nSPS) is 19.8. The third kappa shape index (κ3) is 8.22. The van der Waals surface area contributed by atoms with Gasteiger partial charge in [-0.05, 0) is 54.7 Å². The van der Waals surface area contributed by atoms with Crippen LogP contribution in [0.4, 0.5) is 4.79 Å². The Morgan fingerprint density at radius 2 is 1.82 bits per heavy atom. The highest BCUT2D eigenvalue weighted by molar-refractivity contribution is 5.70. The summed E-state index contributed by atoms with van der Waals surface area (Å²) in [5.74, 6) is 2.26. The van der Waals surface area contributed by atoms with Crippen molar-refractivity contribution in [3.05, 3.63) is 23.8 Å². The summed E-state index contributed by atoms with van der Waals surface area (Å²) >= 11 is 0. The number of hydrogen-bond acceptors (Lipinski definition) is 6. The van der Waals surface area contributed by atoms with Gasteiger partial charge in [0.2, 0.25) is 0 Å². The van der Waals surface area contributed by atoms with E-state index in [2.05, 4.69) is 25.2 Å². The maximum Gasteiger partial charge on any atom is 0.407 e. The number of aldehydes is 1. The minimum absolute atomic E-state index is 0.103. The van der Waals surface area contributed by atoms with Gasteiger partial charge in [0.05, 0.1) is 19.8 Å². The molecule has 1 N–H and O–H groups in total. The van der Waals surface area contributed by atoms with Crippen LogP contribution in [0.15, 0.2) is 18.2 Å². The Balaban J connectivity index is 2.10. The van der Waals surface area contributed by atoms with Crippen molar-refractivity contribution in [3.63, 3.8) is 0 Å². The molecule has 0 spiro atoms. The third-order valence-electron chi connectivity index (χ3n) is 6.52. The zero-order valence-electron chi connectivity index (χ0n) is 21.0. The van der Waals surface area contributed by atoms with Gasteiger partial charge in [0.1, 0.15) is 12.4 Å². The molecule has 7 nitrogen and oxygen atoms in total. The first-order chi connectivity index (χ1) is 15.8. The van der Waals surface area contributed by atoms with Crippen LogP contribution >= 0.6 is 0 Å². The summed E-state index contributed by atoms with van der Waals surface area (Å²) in [6.45, 7) is 9.65. The van der Waals surface area contributed by atoms with Crippen molar-refractivity contribution in [1.29, 1.82) is 0 Å². The molecule has 2 rings (SSSR count). The molecule has 0 saturated carbocycles. The molecule has 1 amide bonds. The first kappa shape index (κ1) is 27.0. The van der Waals surface area contributed by atoms with Gasteiger partial charge in [-0.3, -0.25) is 0 Å². The Morgan fingerprint density at radius 1 is 1.06 bits per heavy atom. The summed E-state index contributed by atoms with van der Waals surface area (Å²) in [7, 11) is 3.32. The average molecular weight is 464 g/mol. The van der Waals surface area contributed by atoms with E-state index in [9.17, 15) is 9.59 Å². The topological polar surface area (TPSA) is 83.1 Å². The molecule has 7 heteroatoms. The van der Waals surface area contributed by atoms with Crippen molar-refractivity contribution in [3.8, 4) is 11.5 Å². The largest absolute Gasteiger partial charge is 0.493 e. The number of amides is 1. The zero-order valence-corrected chi connectivity index (χ0v) is 21.0. The number of nitrogens with one attached hydrogen (secondary N) is 1. The highest BCUT2D eigenvalue weighted by Crippen LogP contribution is 2.33. The molecule has 0 bridgehead atoms. The van der Waals surface area contributed by atoms with Crippen molar-refractivity contribution in [1.82, 2.24) is 5.32 Å². The van der Waals surface area contributed by atoms with Gasteiger partial charge in [0.15, 0.2) is 11.5 Å². The van der Waals surface area contributed by atoms with Crippen molar-refractivity contribution in [2.75, 3.05) is 27.4 Å². The average Bonchev–Trinajstić information content (AvgIpc) is 3.13. The van der Waals surface area contributed by atoms with Gasteiger partial charge in [0, 0.05) is 26.1 Å². The highest BCUT2D eigenvalue weighted by Gasteiger charge is 2.38. The number of rotatable bonds is 15. The Kier molecular flexibility index (Phi) is 11.0. The van der Waals surface area contributed by atoms with Gasteiger partial charge < -0.3 is 29.1 Å². The lowest BCUT2D eigenvalue weighted by atomic mass is 9.81. The van der Waals surface area contributed by atoms with Crippen LogP contribution in [0.1, 0.15) is 52.5 Å². The smallest absolute Gasteiger partial charge is 0.407 e. The molecule has 1 heterocycles. The maximum absolute atomic E-state index is 12.0. The quantitative estimate of drug-likeness (QED) is 0.301. The molecule has 0 aliphatic carbocycles. The van der Waals surface area contributed by atoms with Crippen LogP contribution in [0.5, 0.6) is 11.5 Å². The van der Waals surface area contributed by atoms with Crippen molar-refractivity contribution in [2.45, 2.75) is 65.5 Å². The second kappa shape index (κ2) is 13.4. The van der Waals surface area contributed by atoms with E-state index in [1.807, 2.05) is 26.0 Å². The van der Waals surface area contributed by atoms with Gasteiger partial charge in [-0.25, -0.2) is 4.79 Å². The zero-order chi connectivity index (χ0) is 24.4. The fraction of sp³-hybridized carbons (Fsp3) is 0.692. The summed E-state index contributed by atoms with van der Waals surface area (Å²) in [6, 6.07) is 5.95. The molecule has 0 unspecified atom stereocenters. The lowest BCUT2D eigenvalue weighted by Gasteiger charge is -2.28. The highest BCUT2D eigenvalue weighted by atomic mass is 16.6. The van der Waals surface area contributed by atoms with Gasteiger partial charge in [-0.1, -0.05) is 33.8 Å². The molecule has 1 aromatic carbocycles. The van der Waals surface area contributed by atoms with Crippen molar-refractivity contribution >= 4 is 12.4 Å². The van der Waals surface area contributed by atoms with Gasteiger partial charge in [0.25, 0.3) is 0 Å². The molecule has 1 aromatic rings. The summed E-state index contributed by atoms with van der Waals surface area (Å²) in [5.41, 5.74) is 1.16. The number of methoxy groups -OCH3 is 2. The summed E-state index contributed by atoms with van der Waals surface area (Å²) in [4.78, 5) is 23.5. The Labute approximate surface area is 198 Å². The van der Waals surface area contributed by atoms with Crippen molar-refractivity contribution < 1.29 is 28.5 Å². The van der Waals surface area contributed by atoms with Crippen LogP contribution in [0.3, 0.4) is 0 Å². The maximum atomic E-state index is 12.0. The van der Waals surface area contributed by atoms with E-state index in [1.165, 1.54) is 0 Å². The van der Waals surface area contributed by atoms with E-state index in [-0.39, 0.29) is 24.0 Å². The standard InChI is InChI=1S/C26H41NO6/c1-17(2)20(14-22-24(33-26(29)27-22)15-21(16-28)18(3)4)12-19-8-9-23(31-6)25(13-19)32-11-7-10-30-5/h8-9,13,16-18,20-22,24H,7,10-12,14-15H2,1-6H3,(H,27,29)/t20-,21+,22-,24-/m0/s1. The monoisotopic (exact) mass is 463 g/mol.